The van der Waals surface area contributed by atoms with E-state index in [1.165, 1.54) is 0 Å². The molecular weight excluding hydrogens is 242 g/mol. The van der Waals surface area contributed by atoms with Crippen LogP contribution in [0, 0.1) is 6.92 Å². The van der Waals surface area contributed by atoms with Crippen molar-refractivity contribution in [3.05, 3.63) is 11.4 Å². The van der Waals surface area contributed by atoms with Gasteiger partial charge in [0.2, 0.25) is 5.91 Å². The highest BCUT2D eigenvalue weighted by Gasteiger charge is 2.28. The molecule has 6 heteroatoms. The van der Waals surface area contributed by atoms with E-state index in [0.29, 0.717) is 24.1 Å². The summed E-state index contributed by atoms with van der Waals surface area (Å²) in [5.74, 6) is 2.44. The van der Waals surface area contributed by atoms with Crippen LogP contribution < -0.4 is 11.1 Å². The number of hydrogen-bond donors (Lipinski definition) is 2. The highest BCUT2D eigenvalue weighted by molar-refractivity contribution is 5.80. The smallest absolute Gasteiger partial charge is 0.241 e. The number of nitrogens with zero attached hydrogens (tertiary/aromatic N) is 3. The molecule has 1 aromatic heterocycles. The Hall–Kier alpha value is -1.85. The third kappa shape index (κ3) is 3.13. The second kappa shape index (κ2) is 5.42. The Labute approximate surface area is 113 Å². The van der Waals surface area contributed by atoms with Gasteiger partial charge >= 0.3 is 0 Å². The normalized spacial score (nSPS) is 14.3. The van der Waals surface area contributed by atoms with Crippen LogP contribution in [0.4, 0.5) is 11.6 Å². The van der Waals surface area contributed by atoms with Gasteiger partial charge in [0.1, 0.15) is 17.5 Å². The van der Waals surface area contributed by atoms with Crippen molar-refractivity contribution >= 4 is 17.5 Å². The molecule has 0 spiro atoms. The molecule has 0 atom stereocenters. The summed E-state index contributed by atoms with van der Waals surface area (Å²) in [5, 5.41) is 3.07. The molecule has 1 aliphatic rings. The predicted molar refractivity (Wildman–Crippen MR) is 75.0 cm³/mol. The number of carbonyl (C=O) groups is 1. The zero-order valence-corrected chi connectivity index (χ0v) is 11.7. The molecule has 0 aliphatic heterocycles. The SMILES string of the molecule is CCN(C)C(=O)CNc1nc(C2CC2)nc(N)c1C. The van der Waals surface area contributed by atoms with Gasteiger partial charge in [-0.15, -0.1) is 0 Å². The van der Waals surface area contributed by atoms with E-state index in [-0.39, 0.29) is 12.5 Å². The summed E-state index contributed by atoms with van der Waals surface area (Å²) in [6.07, 6.45) is 2.25. The molecule has 1 aromatic rings. The van der Waals surface area contributed by atoms with Crippen LogP contribution >= 0.6 is 0 Å². The number of nitrogen functional groups attached to an aromatic ring is 1. The molecule has 1 aliphatic carbocycles. The average Bonchev–Trinajstić information content (AvgIpc) is 3.23. The highest BCUT2D eigenvalue weighted by atomic mass is 16.2. The Morgan fingerprint density at radius 2 is 2.16 bits per heavy atom. The van der Waals surface area contributed by atoms with E-state index in [1.807, 2.05) is 13.8 Å². The molecule has 0 bridgehead atoms. The van der Waals surface area contributed by atoms with Gasteiger partial charge in [-0.05, 0) is 26.7 Å². The summed E-state index contributed by atoms with van der Waals surface area (Å²) in [4.78, 5) is 22.2. The Kier molecular flexibility index (Phi) is 3.87. The van der Waals surface area contributed by atoms with Crippen molar-refractivity contribution in [3.63, 3.8) is 0 Å². The van der Waals surface area contributed by atoms with Gasteiger partial charge in [-0.1, -0.05) is 0 Å². The first-order valence-corrected chi connectivity index (χ1v) is 6.64. The van der Waals surface area contributed by atoms with Crippen LogP contribution in [0.5, 0.6) is 0 Å². The molecule has 0 saturated heterocycles. The van der Waals surface area contributed by atoms with Gasteiger partial charge in [0.05, 0.1) is 6.54 Å². The topological polar surface area (TPSA) is 84.1 Å². The lowest BCUT2D eigenvalue weighted by atomic mass is 10.3. The number of nitrogens with one attached hydrogen (secondary N) is 1. The van der Waals surface area contributed by atoms with E-state index in [0.717, 1.165) is 24.2 Å². The van der Waals surface area contributed by atoms with Gasteiger partial charge in [-0.25, -0.2) is 9.97 Å². The molecule has 0 radical (unpaired) electrons. The molecule has 1 heterocycles. The lowest BCUT2D eigenvalue weighted by molar-refractivity contribution is -0.127. The summed E-state index contributed by atoms with van der Waals surface area (Å²) < 4.78 is 0. The number of rotatable bonds is 5. The maximum atomic E-state index is 11.8. The number of hydrogen-bond acceptors (Lipinski definition) is 5. The number of aromatic nitrogens is 2. The summed E-state index contributed by atoms with van der Waals surface area (Å²) in [6.45, 7) is 4.73. The molecule has 1 saturated carbocycles. The number of carbonyl (C=O) groups excluding carboxylic acids is 1. The van der Waals surface area contributed by atoms with Crippen LogP contribution in [0.1, 0.15) is 37.1 Å². The van der Waals surface area contributed by atoms with E-state index >= 15 is 0 Å². The molecular formula is C13H21N5O. The van der Waals surface area contributed by atoms with E-state index in [4.69, 9.17) is 5.73 Å². The van der Waals surface area contributed by atoms with Gasteiger partial charge in [-0.3, -0.25) is 4.79 Å². The van der Waals surface area contributed by atoms with Gasteiger partial charge < -0.3 is 16.0 Å². The minimum atomic E-state index is 0.0343. The molecule has 0 unspecified atom stereocenters. The molecule has 1 amide bonds. The standard InChI is InChI=1S/C13H21N5O/c1-4-18(3)10(19)7-15-12-8(2)11(14)16-13(17-12)9-5-6-9/h9H,4-7H2,1-3H3,(H3,14,15,16,17). The molecule has 2 rings (SSSR count). The molecule has 0 aromatic carbocycles. The fraction of sp³-hybridized carbons (Fsp3) is 0.615. The molecule has 1 fully saturated rings. The van der Waals surface area contributed by atoms with Crippen LogP contribution in [-0.2, 0) is 4.79 Å². The number of nitrogens with two attached hydrogens (primary N) is 1. The minimum Gasteiger partial charge on any atom is -0.383 e. The third-order valence-corrected chi connectivity index (χ3v) is 3.45. The van der Waals surface area contributed by atoms with Crippen molar-refractivity contribution in [2.75, 3.05) is 31.2 Å². The van der Waals surface area contributed by atoms with Crippen molar-refractivity contribution in [2.45, 2.75) is 32.6 Å². The predicted octanol–water partition coefficient (Wildman–Crippen LogP) is 1.13. The fourth-order valence-electron chi connectivity index (χ4n) is 1.72. The fourth-order valence-corrected chi connectivity index (χ4v) is 1.72. The average molecular weight is 263 g/mol. The zero-order valence-electron chi connectivity index (χ0n) is 11.7. The summed E-state index contributed by atoms with van der Waals surface area (Å²) in [6, 6.07) is 0. The first kappa shape index (κ1) is 13.6. The van der Waals surface area contributed by atoms with Crippen molar-refractivity contribution in [1.82, 2.24) is 14.9 Å². The molecule has 19 heavy (non-hydrogen) atoms. The third-order valence-electron chi connectivity index (χ3n) is 3.45. The van der Waals surface area contributed by atoms with E-state index in [2.05, 4.69) is 15.3 Å². The van der Waals surface area contributed by atoms with Crippen molar-refractivity contribution in [1.29, 1.82) is 0 Å². The lowest BCUT2D eigenvalue weighted by Crippen LogP contribution is -2.32. The monoisotopic (exact) mass is 263 g/mol. The zero-order chi connectivity index (χ0) is 14.0. The van der Waals surface area contributed by atoms with Crippen molar-refractivity contribution in [2.24, 2.45) is 0 Å². The Bertz CT molecular complexity index is 484. The van der Waals surface area contributed by atoms with E-state index in [9.17, 15) is 4.79 Å². The van der Waals surface area contributed by atoms with Crippen LogP contribution in [0.25, 0.3) is 0 Å². The van der Waals surface area contributed by atoms with Crippen LogP contribution in [0.15, 0.2) is 0 Å². The molecule has 104 valence electrons. The van der Waals surface area contributed by atoms with E-state index < -0.39 is 0 Å². The Morgan fingerprint density at radius 3 is 2.74 bits per heavy atom. The van der Waals surface area contributed by atoms with E-state index in [1.54, 1.807) is 11.9 Å². The number of anilines is 2. The first-order valence-electron chi connectivity index (χ1n) is 6.64. The first-order chi connectivity index (χ1) is 9.02. The maximum Gasteiger partial charge on any atom is 0.241 e. The minimum absolute atomic E-state index is 0.0343. The Morgan fingerprint density at radius 1 is 1.47 bits per heavy atom. The largest absolute Gasteiger partial charge is 0.383 e. The van der Waals surface area contributed by atoms with Gasteiger partial charge in [0, 0.05) is 25.1 Å². The molecule has 6 nitrogen and oxygen atoms in total. The second-order valence-corrected chi connectivity index (χ2v) is 4.98. The summed E-state index contributed by atoms with van der Waals surface area (Å²) in [7, 11) is 1.78. The maximum absolute atomic E-state index is 11.8. The highest BCUT2D eigenvalue weighted by Crippen LogP contribution is 2.39. The van der Waals surface area contributed by atoms with Crippen molar-refractivity contribution < 1.29 is 4.79 Å². The summed E-state index contributed by atoms with van der Waals surface area (Å²) in [5.41, 5.74) is 6.70. The molecule has 3 N–H and O–H groups in total. The van der Waals surface area contributed by atoms with Crippen molar-refractivity contribution in [3.8, 4) is 0 Å². The quantitative estimate of drug-likeness (QED) is 0.832. The van der Waals surface area contributed by atoms with Crippen LogP contribution in [-0.4, -0.2) is 40.9 Å². The van der Waals surface area contributed by atoms with Gasteiger partial charge in [0.25, 0.3) is 0 Å². The van der Waals surface area contributed by atoms with Crippen LogP contribution in [0.2, 0.25) is 0 Å². The summed E-state index contributed by atoms with van der Waals surface area (Å²) >= 11 is 0. The van der Waals surface area contributed by atoms with Gasteiger partial charge in [-0.2, -0.15) is 0 Å². The number of amides is 1. The Balaban J connectivity index is 2.08. The number of likely N-dealkylation sites (N-methyl/N-ethyl adjacent to an activating group) is 1. The van der Waals surface area contributed by atoms with Crippen LogP contribution in [0.3, 0.4) is 0 Å². The van der Waals surface area contributed by atoms with Gasteiger partial charge in [0.15, 0.2) is 0 Å². The second-order valence-electron chi connectivity index (χ2n) is 4.98. The lowest BCUT2D eigenvalue weighted by Gasteiger charge is -2.16.